The van der Waals surface area contributed by atoms with Crippen LogP contribution in [0.2, 0.25) is 0 Å². The van der Waals surface area contributed by atoms with E-state index in [2.05, 4.69) is 31.1 Å². The molecule has 4 nitrogen and oxygen atoms in total. The lowest BCUT2D eigenvalue weighted by Crippen LogP contribution is -2.44. The Balaban J connectivity index is 1.96. The summed E-state index contributed by atoms with van der Waals surface area (Å²) in [5.41, 5.74) is -0.204. The third kappa shape index (κ3) is 2.33. The molecule has 2 aliphatic rings. The van der Waals surface area contributed by atoms with Crippen LogP contribution in [0.4, 0.5) is 0 Å². The van der Waals surface area contributed by atoms with Crippen LogP contribution < -0.4 is 5.32 Å². The highest BCUT2D eigenvalue weighted by Crippen LogP contribution is 2.36. The zero-order valence-corrected chi connectivity index (χ0v) is 11.3. The first-order valence-electron chi connectivity index (χ1n) is 6.86. The van der Waals surface area contributed by atoms with Crippen molar-refractivity contribution in [1.82, 2.24) is 15.1 Å². The van der Waals surface area contributed by atoms with Gasteiger partial charge in [-0.2, -0.15) is 0 Å². The van der Waals surface area contributed by atoms with Crippen molar-refractivity contribution >= 4 is 5.91 Å². The highest BCUT2D eigenvalue weighted by atomic mass is 16.2. The first-order chi connectivity index (χ1) is 8.09. The summed E-state index contributed by atoms with van der Waals surface area (Å²) in [7, 11) is 2.10. The summed E-state index contributed by atoms with van der Waals surface area (Å²) >= 11 is 0. The van der Waals surface area contributed by atoms with Crippen molar-refractivity contribution in [1.29, 1.82) is 0 Å². The van der Waals surface area contributed by atoms with E-state index in [9.17, 15) is 4.79 Å². The molecule has 1 heterocycles. The number of likely N-dealkylation sites (N-methyl/N-ethyl adjacent to an activating group) is 1. The second-order valence-electron chi connectivity index (χ2n) is 5.50. The molecule has 0 aromatic heterocycles. The molecule has 0 aromatic rings. The van der Waals surface area contributed by atoms with Crippen molar-refractivity contribution in [3.05, 3.63) is 0 Å². The molecule has 2 fully saturated rings. The molecule has 1 saturated carbocycles. The third-order valence-electron chi connectivity index (χ3n) is 4.34. The molecule has 0 radical (unpaired) electrons. The van der Waals surface area contributed by atoms with Gasteiger partial charge >= 0.3 is 0 Å². The van der Waals surface area contributed by atoms with Gasteiger partial charge in [-0.15, -0.1) is 0 Å². The normalized spacial score (nSPS) is 27.6. The lowest BCUT2D eigenvalue weighted by atomic mass is 9.98. The van der Waals surface area contributed by atoms with Crippen LogP contribution in [-0.2, 0) is 4.79 Å². The third-order valence-corrected chi connectivity index (χ3v) is 4.34. The van der Waals surface area contributed by atoms with Crippen molar-refractivity contribution in [3.63, 3.8) is 0 Å². The molecule has 1 amide bonds. The monoisotopic (exact) mass is 239 g/mol. The van der Waals surface area contributed by atoms with Crippen LogP contribution in [0.3, 0.4) is 0 Å². The summed E-state index contributed by atoms with van der Waals surface area (Å²) in [6.07, 6.45) is 4.63. The van der Waals surface area contributed by atoms with E-state index >= 15 is 0 Å². The molecule has 1 aliphatic carbocycles. The summed E-state index contributed by atoms with van der Waals surface area (Å²) in [4.78, 5) is 16.8. The highest BCUT2D eigenvalue weighted by molar-refractivity contribution is 5.89. The van der Waals surface area contributed by atoms with Gasteiger partial charge in [0.2, 0.25) is 5.91 Å². The maximum atomic E-state index is 12.5. The number of nitrogens with one attached hydrogen (secondary N) is 1. The Labute approximate surface area is 104 Å². The van der Waals surface area contributed by atoms with Crippen molar-refractivity contribution in [3.8, 4) is 0 Å². The predicted octanol–water partition coefficient (Wildman–Crippen LogP) is 1.03. The minimum absolute atomic E-state index is 0.200. The van der Waals surface area contributed by atoms with Gasteiger partial charge in [-0.25, -0.2) is 0 Å². The number of carbonyl (C=O) groups excluding carboxylic acids is 1. The first-order valence-corrected chi connectivity index (χ1v) is 6.86. The SMILES string of the molecule is CCN(C)CCN1C(=O)C2(CCCC2)NC1C. The second kappa shape index (κ2) is 4.94. The number of hydrogen-bond acceptors (Lipinski definition) is 3. The lowest BCUT2D eigenvalue weighted by molar-refractivity contribution is -0.133. The quantitative estimate of drug-likeness (QED) is 0.796. The molecule has 98 valence electrons. The van der Waals surface area contributed by atoms with Gasteiger partial charge in [0.15, 0.2) is 0 Å². The van der Waals surface area contributed by atoms with Crippen LogP contribution >= 0.6 is 0 Å². The minimum atomic E-state index is -0.204. The van der Waals surface area contributed by atoms with Crippen LogP contribution in [0.15, 0.2) is 0 Å². The van der Waals surface area contributed by atoms with Crippen molar-refractivity contribution in [2.45, 2.75) is 51.2 Å². The molecule has 0 bridgehead atoms. The van der Waals surface area contributed by atoms with Crippen LogP contribution in [0.5, 0.6) is 0 Å². The molecular formula is C13H25N3O. The number of hydrogen-bond donors (Lipinski definition) is 1. The summed E-state index contributed by atoms with van der Waals surface area (Å²) in [5, 5.41) is 3.53. The van der Waals surface area contributed by atoms with Gasteiger partial charge in [0.05, 0.1) is 11.7 Å². The minimum Gasteiger partial charge on any atom is -0.325 e. The Morgan fingerprint density at radius 2 is 2.12 bits per heavy atom. The van der Waals surface area contributed by atoms with Crippen LogP contribution in [0.25, 0.3) is 0 Å². The molecule has 2 rings (SSSR count). The van der Waals surface area contributed by atoms with E-state index in [0.29, 0.717) is 5.91 Å². The molecule has 1 N–H and O–H groups in total. The second-order valence-corrected chi connectivity index (χ2v) is 5.50. The van der Waals surface area contributed by atoms with Crippen molar-refractivity contribution < 1.29 is 4.79 Å². The maximum Gasteiger partial charge on any atom is 0.244 e. The molecule has 4 heteroatoms. The largest absolute Gasteiger partial charge is 0.325 e. The summed E-state index contributed by atoms with van der Waals surface area (Å²) in [6.45, 7) is 7.10. The lowest BCUT2D eigenvalue weighted by Gasteiger charge is -2.24. The highest BCUT2D eigenvalue weighted by Gasteiger charge is 2.50. The Bertz CT molecular complexity index is 286. The average Bonchev–Trinajstić information content (AvgIpc) is 2.86. The number of rotatable bonds is 4. The number of nitrogens with zero attached hydrogens (tertiary/aromatic N) is 2. The van der Waals surface area contributed by atoms with E-state index < -0.39 is 0 Å². The fraction of sp³-hybridized carbons (Fsp3) is 0.923. The molecule has 0 aromatic carbocycles. The smallest absolute Gasteiger partial charge is 0.244 e. The van der Waals surface area contributed by atoms with Crippen LogP contribution in [0.1, 0.15) is 39.5 Å². The fourth-order valence-electron chi connectivity index (χ4n) is 3.06. The molecule has 1 spiro atoms. The van der Waals surface area contributed by atoms with Gasteiger partial charge in [0.1, 0.15) is 0 Å². The van der Waals surface area contributed by atoms with Gasteiger partial charge < -0.3 is 9.80 Å². The molecule has 1 unspecified atom stereocenters. The molecule has 1 aliphatic heterocycles. The first kappa shape index (κ1) is 12.8. The zero-order valence-electron chi connectivity index (χ0n) is 11.3. The average molecular weight is 239 g/mol. The summed E-state index contributed by atoms with van der Waals surface area (Å²) in [6, 6.07) is 0. The molecule has 17 heavy (non-hydrogen) atoms. The standard InChI is InChI=1S/C13H25N3O/c1-4-15(3)9-10-16-11(2)14-13(12(16)17)7-5-6-8-13/h11,14H,4-10H2,1-3H3. The zero-order chi connectivity index (χ0) is 12.5. The Morgan fingerprint density at radius 1 is 1.47 bits per heavy atom. The Hall–Kier alpha value is -0.610. The van der Waals surface area contributed by atoms with E-state index in [-0.39, 0.29) is 11.7 Å². The van der Waals surface area contributed by atoms with Crippen LogP contribution in [0, 0.1) is 0 Å². The summed E-state index contributed by atoms with van der Waals surface area (Å²) in [5.74, 6) is 0.340. The van der Waals surface area contributed by atoms with Gasteiger partial charge in [0.25, 0.3) is 0 Å². The van der Waals surface area contributed by atoms with E-state index in [1.54, 1.807) is 0 Å². The topological polar surface area (TPSA) is 35.6 Å². The molecular weight excluding hydrogens is 214 g/mol. The predicted molar refractivity (Wildman–Crippen MR) is 68.7 cm³/mol. The van der Waals surface area contributed by atoms with Crippen molar-refractivity contribution in [2.75, 3.05) is 26.7 Å². The van der Waals surface area contributed by atoms with Gasteiger partial charge in [-0.05, 0) is 33.4 Å². The fourth-order valence-corrected chi connectivity index (χ4v) is 3.06. The molecule has 1 atom stereocenters. The van der Waals surface area contributed by atoms with E-state index in [4.69, 9.17) is 0 Å². The van der Waals surface area contributed by atoms with E-state index in [0.717, 1.165) is 32.5 Å². The number of amides is 1. The van der Waals surface area contributed by atoms with Gasteiger partial charge in [-0.1, -0.05) is 19.8 Å². The Morgan fingerprint density at radius 3 is 2.71 bits per heavy atom. The van der Waals surface area contributed by atoms with Crippen LogP contribution in [-0.4, -0.2) is 54.1 Å². The maximum absolute atomic E-state index is 12.5. The van der Waals surface area contributed by atoms with E-state index in [1.807, 2.05) is 4.90 Å². The van der Waals surface area contributed by atoms with Gasteiger partial charge in [-0.3, -0.25) is 10.1 Å². The Kier molecular flexibility index (Phi) is 3.73. The van der Waals surface area contributed by atoms with E-state index in [1.165, 1.54) is 12.8 Å². The molecule has 1 saturated heterocycles. The summed E-state index contributed by atoms with van der Waals surface area (Å²) < 4.78 is 0. The number of carbonyl (C=O) groups is 1. The van der Waals surface area contributed by atoms with Crippen molar-refractivity contribution in [2.24, 2.45) is 0 Å². The van der Waals surface area contributed by atoms with Gasteiger partial charge in [0, 0.05) is 13.1 Å².